The Bertz CT molecular complexity index is 598. The second kappa shape index (κ2) is 5.16. The van der Waals surface area contributed by atoms with E-state index < -0.39 is 0 Å². The average Bonchev–Trinajstić information content (AvgIpc) is 2.48. The van der Waals surface area contributed by atoms with Crippen LogP contribution in [0.2, 0.25) is 0 Å². The van der Waals surface area contributed by atoms with Crippen molar-refractivity contribution in [2.75, 3.05) is 11.9 Å². The van der Waals surface area contributed by atoms with Crippen LogP contribution in [0.3, 0.4) is 0 Å². The van der Waals surface area contributed by atoms with Gasteiger partial charge in [0.25, 0.3) is 5.91 Å². The summed E-state index contributed by atoms with van der Waals surface area (Å²) in [6.07, 6.45) is 5.60. The number of aromatic nitrogens is 2. The van der Waals surface area contributed by atoms with Gasteiger partial charge in [-0.3, -0.25) is 4.79 Å². The maximum atomic E-state index is 12.1. The number of benzene rings is 1. The first-order valence-electron chi connectivity index (χ1n) is 6.22. The molecular formula is C14H14N4O. The van der Waals surface area contributed by atoms with Crippen LogP contribution in [0, 0.1) is 0 Å². The molecule has 19 heavy (non-hydrogen) atoms. The molecule has 5 nitrogen and oxygen atoms in total. The third kappa shape index (κ3) is 2.61. The van der Waals surface area contributed by atoms with Crippen molar-refractivity contribution < 1.29 is 4.79 Å². The molecule has 0 saturated heterocycles. The third-order valence-electron chi connectivity index (χ3n) is 3.17. The molecule has 0 aliphatic carbocycles. The number of fused-ring (bicyclic) bond motifs is 1. The maximum absolute atomic E-state index is 12.1. The molecule has 96 valence electrons. The Balaban J connectivity index is 1.80. The van der Waals surface area contributed by atoms with Crippen molar-refractivity contribution in [1.82, 2.24) is 15.3 Å². The summed E-state index contributed by atoms with van der Waals surface area (Å²) in [6, 6.07) is 5.84. The summed E-state index contributed by atoms with van der Waals surface area (Å²) in [5.74, 6) is -0.136. The van der Waals surface area contributed by atoms with Crippen LogP contribution in [-0.4, -0.2) is 22.4 Å². The van der Waals surface area contributed by atoms with Crippen LogP contribution in [-0.2, 0) is 13.0 Å². The predicted octanol–water partition coefficient (Wildman–Crippen LogP) is 1.37. The minimum absolute atomic E-state index is 0.136. The fourth-order valence-electron chi connectivity index (χ4n) is 2.19. The Morgan fingerprint density at radius 2 is 2.05 bits per heavy atom. The van der Waals surface area contributed by atoms with Crippen LogP contribution in [0.1, 0.15) is 21.5 Å². The second-order valence-corrected chi connectivity index (χ2v) is 4.49. The van der Waals surface area contributed by atoms with Crippen molar-refractivity contribution in [2.45, 2.75) is 13.0 Å². The fraction of sp³-hybridized carbons (Fsp3) is 0.214. The first-order chi connectivity index (χ1) is 9.33. The second-order valence-electron chi connectivity index (χ2n) is 4.49. The van der Waals surface area contributed by atoms with Gasteiger partial charge in [-0.15, -0.1) is 0 Å². The zero-order valence-corrected chi connectivity index (χ0v) is 10.4. The molecule has 5 heteroatoms. The van der Waals surface area contributed by atoms with Gasteiger partial charge in [0.1, 0.15) is 6.33 Å². The van der Waals surface area contributed by atoms with Gasteiger partial charge in [-0.2, -0.15) is 0 Å². The number of anilines is 1. The molecule has 0 bridgehead atoms. The van der Waals surface area contributed by atoms with Crippen molar-refractivity contribution >= 4 is 11.6 Å². The van der Waals surface area contributed by atoms with E-state index in [-0.39, 0.29) is 5.91 Å². The summed E-state index contributed by atoms with van der Waals surface area (Å²) in [5.41, 5.74) is 3.77. The van der Waals surface area contributed by atoms with Gasteiger partial charge in [-0.05, 0) is 36.2 Å². The van der Waals surface area contributed by atoms with E-state index >= 15 is 0 Å². The molecule has 1 aromatic carbocycles. The lowest BCUT2D eigenvalue weighted by Gasteiger charge is -2.17. The first kappa shape index (κ1) is 11.8. The number of carbonyl (C=O) groups is 1. The molecule has 1 aromatic heterocycles. The molecule has 0 spiro atoms. The number of carbonyl (C=O) groups excluding carboxylic acids is 1. The summed E-state index contributed by atoms with van der Waals surface area (Å²) in [5, 5.41) is 6.09. The molecular weight excluding hydrogens is 240 g/mol. The lowest BCUT2D eigenvalue weighted by molar-refractivity contribution is 0.102. The molecule has 1 amide bonds. The van der Waals surface area contributed by atoms with Gasteiger partial charge in [0.15, 0.2) is 0 Å². The zero-order valence-electron chi connectivity index (χ0n) is 10.4. The predicted molar refractivity (Wildman–Crippen MR) is 71.8 cm³/mol. The molecule has 3 rings (SSSR count). The molecule has 0 radical (unpaired) electrons. The highest BCUT2D eigenvalue weighted by Crippen LogP contribution is 2.16. The molecule has 1 aliphatic rings. The summed E-state index contributed by atoms with van der Waals surface area (Å²) >= 11 is 0. The van der Waals surface area contributed by atoms with E-state index in [1.54, 1.807) is 12.4 Å². The number of nitrogens with zero attached hydrogens (tertiary/aromatic N) is 2. The summed E-state index contributed by atoms with van der Waals surface area (Å²) in [4.78, 5) is 19.8. The SMILES string of the molecule is O=C(Nc1cncnc1)c1ccc2c(c1)CNCC2. The number of hydrogen-bond acceptors (Lipinski definition) is 4. The fourth-order valence-corrected chi connectivity index (χ4v) is 2.19. The van der Waals surface area contributed by atoms with Crippen LogP contribution in [0.5, 0.6) is 0 Å². The lowest BCUT2D eigenvalue weighted by Crippen LogP contribution is -2.24. The van der Waals surface area contributed by atoms with Crippen LogP contribution in [0.4, 0.5) is 5.69 Å². The number of hydrogen-bond donors (Lipinski definition) is 2. The van der Waals surface area contributed by atoms with Gasteiger partial charge >= 0.3 is 0 Å². The van der Waals surface area contributed by atoms with E-state index in [9.17, 15) is 4.79 Å². The van der Waals surface area contributed by atoms with Crippen LogP contribution in [0.15, 0.2) is 36.9 Å². The molecule has 0 unspecified atom stereocenters. The number of rotatable bonds is 2. The summed E-state index contributed by atoms with van der Waals surface area (Å²) < 4.78 is 0. The Kier molecular flexibility index (Phi) is 3.20. The smallest absolute Gasteiger partial charge is 0.255 e. The van der Waals surface area contributed by atoms with Gasteiger partial charge in [0.05, 0.1) is 18.1 Å². The van der Waals surface area contributed by atoms with Gasteiger partial charge in [-0.25, -0.2) is 9.97 Å². The molecule has 1 aliphatic heterocycles. The van der Waals surface area contributed by atoms with Crippen LogP contribution >= 0.6 is 0 Å². The molecule has 0 atom stereocenters. The van der Waals surface area contributed by atoms with Crippen molar-refractivity contribution in [1.29, 1.82) is 0 Å². The van der Waals surface area contributed by atoms with Gasteiger partial charge in [0, 0.05) is 12.1 Å². The van der Waals surface area contributed by atoms with Crippen molar-refractivity contribution in [3.8, 4) is 0 Å². The Morgan fingerprint density at radius 1 is 1.21 bits per heavy atom. The minimum atomic E-state index is -0.136. The van der Waals surface area contributed by atoms with Gasteiger partial charge in [-0.1, -0.05) is 6.07 Å². The zero-order chi connectivity index (χ0) is 13.1. The topological polar surface area (TPSA) is 66.9 Å². The Morgan fingerprint density at radius 3 is 2.89 bits per heavy atom. The van der Waals surface area contributed by atoms with E-state index in [4.69, 9.17) is 0 Å². The third-order valence-corrected chi connectivity index (χ3v) is 3.17. The van der Waals surface area contributed by atoms with Gasteiger partial charge < -0.3 is 10.6 Å². The van der Waals surface area contributed by atoms with E-state index in [0.717, 1.165) is 19.5 Å². The Hall–Kier alpha value is -2.27. The van der Waals surface area contributed by atoms with E-state index in [2.05, 4.69) is 20.6 Å². The molecule has 2 heterocycles. The average molecular weight is 254 g/mol. The largest absolute Gasteiger partial charge is 0.319 e. The van der Waals surface area contributed by atoms with E-state index in [0.29, 0.717) is 11.3 Å². The molecule has 2 N–H and O–H groups in total. The van der Waals surface area contributed by atoms with Crippen molar-refractivity contribution in [3.63, 3.8) is 0 Å². The van der Waals surface area contributed by atoms with Crippen molar-refractivity contribution in [3.05, 3.63) is 53.6 Å². The summed E-state index contributed by atoms with van der Waals surface area (Å²) in [6.45, 7) is 1.82. The van der Waals surface area contributed by atoms with E-state index in [1.807, 2.05) is 18.2 Å². The highest BCUT2D eigenvalue weighted by atomic mass is 16.1. The number of amides is 1. The first-order valence-corrected chi connectivity index (χ1v) is 6.22. The highest BCUT2D eigenvalue weighted by molar-refractivity contribution is 6.04. The molecule has 0 saturated carbocycles. The van der Waals surface area contributed by atoms with Gasteiger partial charge in [0.2, 0.25) is 0 Å². The minimum Gasteiger partial charge on any atom is -0.319 e. The highest BCUT2D eigenvalue weighted by Gasteiger charge is 2.12. The van der Waals surface area contributed by atoms with Crippen molar-refractivity contribution in [2.24, 2.45) is 0 Å². The lowest BCUT2D eigenvalue weighted by atomic mass is 9.98. The standard InChI is InChI=1S/C14H14N4O/c19-14(18-13-7-16-9-17-8-13)11-2-1-10-3-4-15-6-12(10)5-11/h1-2,5,7-9,15H,3-4,6H2,(H,18,19). The maximum Gasteiger partial charge on any atom is 0.255 e. The summed E-state index contributed by atoms with van der Waals surface area (Å²) in [7, 11) is 0. The Labute approximate surface area is 111 Å². The van der Waals surface area contributed by atoms with Crippen LogP contribution < -0.4 is 10.6 Å². The van der Waals surface area contributed by atoms with E-state index in [1.165, 1.54) is 17.5 Å². The monoisotopic (exact) mass is 254 g/mol. The molecule has 2 aromatic rings. The molecule has 0 fully saturated rings. The number of nitrogens with one attached hydrogen (secondary N) is 2. The normalized spacial score (nSPS) is 13.7. The van der Waals surface area contributed by atoms with Crippen LogP contribution in [0.25, 0.3) is 0 Å². The quantitative estimate of drug-likeness (QED) is 0.849.